The Balaban J connectivity index is 2.83. The molecule has 0 aliphatic heterocycles. The highest BCUT2D eigenvalue weighted by molar-refractivity contribution is 6.33. The van der Waals surface area contributed by atoms with E-state index in [9.17, 15) is 0 Å². The zero-order valence-corrected chi connectivity index (χ0v) is 11.8. The summed E-state index contributed by atoms with van der Waals surface area (Å²) in [5, 5.41) is 0.821. The van der Waals surface area contributed by atoms with E-state index in [0.29, 0.717) is 12.6 Å². The van der Waals surface area contributed by atoms with Gasteiger partial charge in [-0.25, -0.2) is 0 Å². The van der Waals surface area contributed by atoms with Gasteiger partial charge < -0.3 is 10.6 Å². The third kappa shape index (κ3) is 3.90. The van der Waals surface area contributed by atoms with Crippen molar-refractivity contribution in [3.8, 4) is 0 Å². The molecule has 0 saturated heterocycles. The monoisotopic (exact) mass is 254 g/mol. The molecule has 0 saturated carbocycles. The molecule has 96 valence electrons. The molecular formula is C14H23ClN2. The number of hydrogen-bond donors (Lipinski definition) is 1. The Morgan fingerprint density at radius 1 is 1.41 bits per heavy atom. The highest BCUT2D eigenvalue weighted by atomic mass is 35.5. The van der Waals surface area contributed by atoms with Crippen molar-refractivity contribution in [2.45, 2.75) is 39.2 Å². The Morgan fingerprint density at radius 2 is 2.12 bits per heavy atom. The second-order valence-corrected chi connectivity index (χ2v) is 4.98. The summed E-state index contributed by atoms with van der Waals surface area (Å²) in [5.41, 5.74) is 7.85. The molecule has 0 spiro atoms. The highest BCUT2D eigenvalue weighted by Gasteiger charge is 2.12. The topological polar surface area (TPSA) is 29.3 Å². The molecule has 0 heterocycles. The minimum Gasteiger partial charge on any atom is -0.371 e. The lowest BCUT2D eigenvalue weighted by molar-refractivity contribution is 0.616. The summed E-state index contributed by atoms with van der Waals surface area (Å²) in [6.07, 6.45) is 3.25. The maximum atomic E-state index is 6.32. The van der Waals surface area contributed by atoms with Crippen molar-refractivity contribution < 1.29 is 0 Å². The number of rotatable bonds is 6. The minimum absolute atomic E-state index is 0.512. The first-order valence-corrected chi connectivity index (χ1v) is 6.69. The number of nitrogens with zero attached hydrogens (tertiary/aromatic N) is 1. The van der Waals surface area contributed by atoms with Gasteiger partial charge in [0.2, 0.25) is 0 Å². The van der Waals surface area contributed by atoms with Gasteiger partial charge in [-0.3, -0.25) is 0 Å². The average molecular weight is 255 g/mol. The predicted molar refractivity (Wildman–Crippen MR) is 77.0 cm³/mol. The van der Waals surface area contributed by atoms with Gasteiger partial charge in [-0.2, -0.15) is 0 Å². The molecule has 1 aromatic rings. The van der Waals surface area contributed by atoms with Crippen LogP contribution in [-0.4, -0.2) is 19.6 Å². The van der Waals surface area contributed by atoms with Crippen molar-refractivity contribution in [3.05, 3.63) is 28.8 Å². The third-order valence-corrected chi connectivity index (χ3v) is 3.50. The van der Waals surface area contributed by atoms with Crippen LogP contribution < -0.4 is 10.6 Å². The van der Waals surface area contributed by atoms with Gasteiger partial charge in [0, 0.05) is 13.1 Å². The van der Waals surface area contributed by atoms with Crippen LogP contribution in [-0.2, 0) is 6.42 Å². The van der Waals surface area contributed by atoms with Crippen molar-refractivity contribution in [1.82, 2.24) is 0 Å². The van der Waals surface area contributed by atoms with Crippen molar-refractivity contribution in [2.24, 2.45) is 5.73 Å². The summed E-state index contributed by atoms with van der Waals surface area (Å²) in [7, 11) is 2.10. The Labute approximate surface area is 110 Å². The van der Waals surface area contributed by atoms with Crippen LogP contribution in [0.1, 0.15) is 32.3 Å². The fourth-order valence-corrected chi connectivity index (χ4v) is 2.34. The molecule has 0 radical (unpaired) electrons. The lowest BCUT2D eigenvalue weighted by atomic mass is 10.1. The summed E-state index contributed by atoms with van der Waals surface area (Å²) in [6, 6.07) is 6.75. The first-order chi connectivity index (χ1) is 8.10. The van der Waals surface area contributed by atoms with Crippen LogP contribution >= 0.6 is 11.6 Å². The van der Waals surface area contributed by atoms with Crippen LogP contribution in [0, 0.1) is 0 Å². The molecule has 0 bridgehead atoms. The van der Waals surface area contributed by atoms with Gasteiger partial charge in [-0.15, -0.1) is 0 Å². The van der Waals surface area contributed by atoms with Gasteiger partial charge in [0.1, 0.15) is 0 Å². The smallest absolute Gasteiger partial charge is 0.0642 e. The number of hydrogen-bond acceptors (Lipinski definition) is 2. The minimum atomic E-state index is 0.512. The summed E-state index contributed by atoms with van der Waals surface area (Å²) in [6.45, 7) is 5.10. The number of benzene rings is 1. The predicted octanol–water partition coefficient (Wildman–Crippen LogP) is 3.47. The van der Waals surface area contributed by atoms with Crippen LogP contribution in [0.25, 0.3) is 0 Å². The van der Waals surface area contributed by atoms with Crippen molar-refractivity contribution in [2.75, 3.05) is 18.5 Å². The standard InChI is InChI=1S/C14H23ClN2/c1-4-5-11(2)17(3)14-7-6-12(8-9-16)10-13(14)15/h6-7,10-11H,4-5,8-9,16H2,1-3H3. The van der Waals surface area contributed by atoms with E-state index in [1.54, 1.807) is 0 Å². The number of nitrogens with two attached hydrogens (primary N) is 1. The Hall–Kier alpha value is -0.730. The molecule has 2 nitrogen and oxygen atoms in total. The molecule has 1 atom stereocenters. The van der Waals surface area contributed by atoms with Gasteiger partial charge >= 0.3 is 0 Å². The maximum absolute atomic E-state index is 6.32. The van der Waals surface area contributed by atoms with E-state index < -0.39 is 0 Å². The van der Waals surface area contributed by atoms with E-state index in [1.807, 2.05) is 6.07 Å². The summed E-state index contributed by atoms with van der Waals surface area (Å²) in [4.78, 5) is 2.25. The van der Waals surface area contributed by atoms with Gasteiger partial charge in [-0.1, -0.05) is 31.0 Å². The third-order valence-electron chi connectivity index (χ3n) is 3.19. The van der Waals surface area contributed by atoms with Gasteiger partial charge in [0.25, 0.3) is 0 Å². The van der Waals surface area contributed by atoms with Crippen LogP contribution in [0.2, 0.25) is 5.02 Å². The molecule has 0 aliphatic carbocycles. The molecule has 17 heavy (non-hydrogen) atoms. The highest BCUT2D eigenvalue weighted by Crippen LogP contribution is 2.28. The normalized spacial score (nSPS) is 12.5. The van der Waals surface area contributed by atoms with E-state index >= 15 is 0 Å². The van der Waals surface area contributed by atoms with E-state index in [4.69, 9.17) is 17.3 Å². The van der Waals surface area contributed by atoms with Crippen LogP contribution in [0.15, 0.2) is 18.2 Å². The molecule has 0 amide bonds. The summed E-state index contributed by atoms with van der Waals surface area (Å²) >= 11 is 6.32. The molecule has 2 N–H and O–H groups in total. The summed E-state index contributed by atoms with van der Waals surface area (Å²) in [5.74, 6) is 0. The second-order valence-electron chi connectivity index (χ2n) is 4.57. The van der Waals surface area contributed by atoms with E-state index in [0.717, 1.165) is 17.1 Å². The number of halogens is 1. The summed E-state index contributed by atoms with van der Waals surface area (Å²) < 4.78 is 0. The van der Waals surface area contributed by atoms with Gasteiger partial charge in [-0.05, 0) is 44.0 Å². The second kappa shape index (κ2) is 6.87. The van der Waals surface area contributed by atoms with Crippen LogP contribution in [0.3, 0.4) is 0 Å². The fourth-order valence-electron chi connectivity index (χ4n) is 2.01. The maximum Gasteiger partial charge on any atom is 0.0642 e. The Kier molecular flexibility index (Phi) is 5.79. The van der Waals surface area contributed by atoms with Crippen LogP contribution in [0.5, 0.6) is 0 Å². The molecule has 1 unspecified atom stereocenters. The van der Waals surface area contributed by atoms with Crippen molar-refractivity contribution in [1.29, 1.82) is 0 Å². The lowest BCUT2D eigenvalue weighted by Crippen LogP contribution is -2.28. The Bertz CT molecular complexity index is 352. The van der Waals surface area contributed by atoms with Crippen molar-refractivity contribution in [3.63, 3.8) is 0 Å². The van der Waals surface area contributed by atoms with Gasteiger partial charge in [0.05, 0.1) is 10.7 Å². The fraction of sp³-hybridized carbons (Fsp3) is 0.571. The zero-order valence-electron chi connectivity index (χ0n) is 11.0. The molecule has 3 heteroatoms. The quantitative estimate of drug-likeness (QED) is 0.842. The SMILES string of the molecule is CCCC(C)N(C)c1ccc(CCN)cc1Cl. The average Bonchev–Trinajstić information content (AvgIpc) is 2.29. The largest absolute Gasteiger partial charge is 0.371 e. The number of anilines is 1. The molecule has 0 fully saturated rings. The first-order valence-electron chi connectivity index (χ1n) is 6.31. The van der Waals surface area contributed by atoms with E-state index in [-0.39, 0.29) is 0 Å². The van der Waals surface area contributed by atoms with Crippen LogP contribution in [0.4, 0.5) is 5.69 Å². The molecule has 0 aliphatic rings. The Morgan fingerprint density at radius 3 is 2.65 bits per heavy atom. The molecule has 0 aromatic heterocycles. The first kappa shape index (κ1) is 14.3. The zero-order chi connectivity index (χ0) is 12.8. The lowest BCUT2D eigenvalue weighted by Gasteiger charge is -2.28. The van der Waals surface area contributed by atoms with Gasteiger partial charge in [0.15, 0.2) is 0 Å². The van der Waals surface area contributed by atoms with Crippen molar-refractivity contribution >= 4 is 17.3 Å². The molecular weight excluding hydrogens is 232 g/mol. The molecule has 1 rings (SSSR count). The van der Waals surface area contributed by atoms with E-state index in [2.05, 4.69) is 37.9 Å². The van der Waals surface area contributed by atoms with E-state index in [1.165, 1.54) is 18.4 Å². The molecule has 1 aromatic carbocycles.